The minimum Gasteiger partial charge on any atom is -0.481 e. The Hall–Kier alpha value is -0.870. The Morgan fingerprint density at radius 1 is 1.60 bits per heavy atom. The van der Waals surface area contributed by atoms with Crippen LogP contribution in [-0.4, -0.2) is 17.6 Å². The van der Waals surface area contributed by atoms with Gasteiger partial charge in [0.2, 0.25) is 0 Å². The number of aliphatic carboxylic acids is 1. The lowest BCUT2D eigenvalue weighted by Gasteiger charge is -2.06. The van der Waals surface area contributed by atoms with Gasteiger partial charge in [0.05, 0.1) is 5.92 Å². The molecule has 4 heteroatoms. The van der Waals surface area contributed by atoms with E-state index in [4.69, 9.17) is 5.11 Å². The Kier molecular flexibility index (Phi) is 4.29. The molecule has 0 saturated carbocycles. The van der Waals surface area contributed by atoms with Crippen LogP contribution in [-0.2, 0) is 11.3 Å². The molecule has 1 aromatic rings. The Labute approximate surface area is 94.1 Å². The van der Waals surface area contributed by atoms with E-state index in [0.717, 1.165) is 6.54 Å². The van der Waals surface area contributed by atoms with E-state index in [0.29, 0.717) is 6.54 Å². The molecular formula is C11H17NO2S. The van der Waals surface area contributed by atoms with Gasteiger partial charge in [-0.15, -0.1) is 11.3 Å². The van der Waals surface area contributed by atoms with E-state index >= 15 is 0 Å². The normalized spacial score (nSPS) is 12.7. The molecule has 1 unspecified atom stereocenters. The van der Waals surface area contributed by atoms with Crippen LogP contribution in [0.4, 0.5) is 0 Å². The van der Waals surface area contributed by atoms with Gasteiger partial charge in [0.15, 0.2) is 0 Å². The first kappa shape index (κ1) is 12.2. The SMILES string of the molecule is Cc1cc(CNCC(C)C(=O)O)sc1C. The highest BCUT2D eigenvalue weighted by molar-refractivity contribution is 7.12. The zero-order valence-corrected chi connectivity index (χ0v) is 10.1. The van der Waals surface area contributed by atoms with E-state index in [1.807, 2.05) is 0 Å². The van der Waals surface area contributed by atoms with Gasteiger partial charge in [0, 0.05) is 22.8 Å². The maximum atomic E-state index is 10.6. The zero-order chi connectivity index (χ0) is 11.4. The summed E-state index contributed by atoms with van der Waals surface area (Å²) in [6, 6.07) is 2.15. The van der Waals surface area contributed by atoms with E-state index in [9.17, 15) is 4.79 Å². The van der Waals surface area contributed by atoms with Gasteiger partial charge in [0.25, 0.3) is 0 Å². The summed E-state index contributed by atoms with van der Waals surface area (Å²) in [6.07, 6.45) is 0. The first-order chi connectivity index (χ1) is 7.00. The van der Waals surface area contributed by atoms with Crippen molar-refractivity contribution in [2.75, 3.05) is 6.54 Å². The average molecular weight is 227 g/mol. The maximum Gasteiger partial charge on any atom is 0.307 e. The Morgan fingerprint density at radius 2 is 2.27 bits per heavy atom. The molecule has 0 bridgehead atoms. The molecule has 0 fully saturated rings. The molecule has 2 N–H and O–H groups in total. The molecule has 1 atom stereocenters. The molecule has 0 aromatic carbocycles. The summed E-state index contributed by atoms with van der Waals surface area (Å²) in [7, 11) is 0. The van der Waals surface area contributed by atoms with Crippen LogP contribution in [0.2, 0.25) is 0 Å². The maximum absolute atomic E-state index is 10.6. The fourth-order valence-electron chi connectivity index (χ4n) is 1.24. The lowest BCUT2D eigenvalue weighted by molar-refractivity contribution is -0.140. The summed E-state index contributed by atoms with van der Waals surface area (Å²) in [5.74, 6) is -1.08. The summed E-state index contributed by atoms with van der Waals surface area (Å²) in [5, 5.41) is 11.8. The van der Waals surface area contributed by atoms with E-state index in [-0.39, 0.29) is 5.92 Å². The smallest absolute Gasteiger partial charge is 0.307 e. The molecule has 0 radical (unpaired) electrons. The van der Waals surface area contributed by atoms with Crippen LogP contribution >= 0.6 is 11.3 Å². The quantitative estimate of drug-likeness (QED) is 0.810. The molecule has 15 heavy (non-hydrogen) atoms. The topological polar surface area (TPSA) is 49.3 Å². The highest BCUT2D eigenvalue weighted by Gasteiger charge is 2.09. The number of carbonyl (C=O) groups is 1. The number of rotatable bonds is 5. The molecular weight excluding hydrogens is 210 g/mol. The average Bonchev–Trinajstić information content (AvgIpc) is 2.46. The lowest BCUT2D eigenvalue weighted by atomic mass is 10.2. The molecule has 0 aliphatic rings. The number of hydrogen-bond donors (Lipinski definition) is 2. The lowest BCUT2D eigenvalue weighted by Crippen LogP contribution is -2.25. The molecule has 3 nitrogen and oxygen atoms in total. The van der Waals surface area contributed by atoms with Crippen LogP contribution in [0, 0.1) is 19.8 Å². The van der Waals surface area contributed by atoms with Gasteiger partial charge in [-0.25, -0.2) is 0 Å². The van der Waals surface area contributed by atoms with E-state index in [1.165, 1.54) is 15.3 Å². The molecule has 1 aromatic heterocycles. The predicted octanol–water partition coefficient (Wildman–Crippen LogP) is 2.18. The third-order valence-electron chi connectivity index (χ3n) is 2.39. The fraction of sp³-hybridized carbons (Fsp3) is 0.545. The highest BCUT2D eigenvalue weighted by Crippen LogP contribution is 2.20. The minimum atomic E-state index is -0.749. The van der Waals surface area contributed by atoms with Crippen LogP contribution in [0.25, 0.3) is 0 Å². The first-order valence-electron chi connectivity index (χ1n) is 5.00. The van der Waals surface area contributed by atoms with Crippen LogP contribution in [0.15, 0.2) is 6.07 Å². The van der Waals surface area contributed by atoms with Gasteiger partial charge >= 0.3 is 5.97 Å². The number of aryl methyl sites for hydroxylation is 2. The summed E-state index contributed by atoms with van der Waals surface area (Å²) >= 11 is 1.76. The van der Waals surface area contributed by atoms with Crippen molar-refractivity contribution in [1.29, 1.82) is 0 Å². The monoisotopic (exact) mass is 227 g/mol. The molecule has 0 spiro atoms. The summed E-state index contributed by atoms with van der Waals surface area (Å²) < 4.78 is 0. The summed E-state index contributed by atoms with van der Waals surface area (Å²) in [4.78, 5) is 13.2. The molecule has 1 heterocycles. The molecule has 0 aliphatic heterocycles. The van der Waals surface area contributed by atoms with E-state index < -0.39 is 5.97 Å². The Bertz CT molecular complexity index is 327. The van der Waals surface area contributed by atoms with Crippen LogP contribution in [0.3, 0.4) is 0 Å². The largest absolute Gasteiger partial charge is 0.481 e. The van der Waals surface area contributed by atoms with Crippen molar-refractivity contribution in [2.45, 2.75) is 27.3 Å². The summed E-state index contributed by atoms with van der Waals surface area (Å²) in [6.45, 7) is 7.18. The number of thiophene rings is 1. The molecule has 1 rings (SSSR count). The van der Waals surface area contributed by atoms with Gasteiger partial charge < -0.3 is 10.4 Å². The molecule has 0 amide bonds. The second kappa shape index (κ2) is 5.28. The third kappa shape index (κ3) is 3.64. The number of hydrogen-bond acceptors (Lipinski definition) is 3. The predicted molar refractivity (Wildman–Crippen MR) is 62.3 cm³/mol. The number of carboxylic acids is 1. The standard InChI is InChI=1S/C11H17NO2S/c1-7-4-10(15-9(7)3)6-12-5-8(2)11(13)14/h4,8,12H,5-6H2,1-3H3,(H,13,14). The van der Waals surface area contributed by atoms with Crippen molar-refractivity contribution in [3.05, 3.63) is 21.4 Å². The van der Waals surface area contributed by atoms with Crippen molar-refractivity contribution in [1.82, 2.24) is 5.32 Å². The van der Waals surface area contributed by atoms with Gasteiger partial charge in [0.1, 0.15) is 0 Å². The zero-order valence-electron chi connectivity index (χ0n) is 9.33. The van der Waals surface area contributed by atoms with Gasteiger partial charge in [-0.3, -0.25) is 4.79 Å². The third-order valence-corrected chi connectivity index (χ3v) is 3.54. The molecule has 0 aliphatic carbocycles. The number of carboxylic acid groups (broad SMARTS) is 1. The van der Waals surface area contributed by atoms with Crippen LogP contribution in [0.5, 0.6) is 0 Å². The molecule has 0 saturated heterocycles. The Morgan fingerprint density at radius 3 is 2.73 bits per heavy atom. The van der Waals surface area contributed by atoms with Crippen molar-refractivity contribution >= 4 is 17.3 Å². The highest BCUT2D eigenvalue weighted by atomic mass is 32.1. The van der Waals surface area contributed by atoms with Crippen molar-refractivity contribution in [2.24, 2.45) is 5.92 Å². The van der Waals surface area contributed by atoms with Crippen molar-refractivity contribution < 1.29 is 9.90 Å². The second-order valence-electron chi connectivity index (χ2n) is 3.82. The minimum absolute atomic E-state index is 0.327. The van der Waals surface area contributed by atoms with Gasteiger partial charge in [-0.1, -0.05) is 6.92 Å². The second-order valence-corrected chi connectivity index (χ2v) is 5.16. The summed E-state index contributed by atoms with van der Waals surface area (Å²) in [5.41, 5.74) is 1.31. The van der Waals surface area contributed by atoms with E-state index in [2.05, 4.69) is 25.2 Å². The first-order valence-corrected chi connectivity index (χ1v) is 5.81. The van der Waals surface area contributed by atoms with Gasteiger partial charge in [-0.05, 0) is 25.5 Å². The van der Waals surface area contributed by atoms with Crippen LogP contribution in [0.1, 0.15) is 22.2 Å². The van der Waals surface area contributed by atoms with Gasteiger partial charge in [-0.2, -0.15) is 0 Å². The van der Waals surface area contributed by atoms with E-state index in [1.54, 1.807) is 18.3 Å². The molecule has 84 valence electrons. The Balaban J connectivity index is 2.35. The van der Waals surface area contributed by atoms with Crippen molar-refractivity contribution in [3.8, 4) is 0 Å². The van der Waals surface area contributed by atoms with Crippen LogP contribution < -0.4 is 5.32 Å². The van der Waals surface area contributed by atoms with Crippen molar-refractivity contribution in [3.63, 3.8) is 0 Å². The number of nitrogens with one attached hydrogen (secondary N) is 1. The fourth-order valence-corrected chi connectivity index (χ4v) is 2.26.